The Bertz CT molecular complexity index is 389. The maximum atomic E-state index is 12.4. The standard InChI is InChI=1S/C14H20N2O/c1-10-4-3-5-11(2)16(10)14(17)12-6-8-13(15)9-7-12/h6-11H,3-5,15H2,1-2H3/t10-,11-/m1/s1. The van der Waals surface area contributed by atoms with E-state index in [0.29, 0.717) is 17.8 Å². The zero-order valence-electron chi connectivity index (χ0n) is 10.5. The molecule has 1 aliphatic heterocycles. The number of rotatable bonds is 1. The van der Waals surface area contributed by atoms with Crippen molar-refractivity contribution in [1.29, 1.82) is 0 Å². The summed E-state index contributed by atoms with van der Waals surface area (Å²) in [5, 5.41) is 0. The normalized spacial score (nSPS) is 24.7. The maximum Gasteiger partial charge on any atom is 0.254 e. The van der Waals surface area contributed by atoms with Crippen LogP contribution in [0.15, 0.2) is 24.3 Å². The first-order valence-corrected chi connectivity index (χ1v) is 6.28. The second kappa shape index (κ2) is 4.78. The fraction of sp³-hybridized carbons (Fsp3) is 0.500. The van der Waals surface area contributed by atoms with Crippen molar-refractivity contribution in [2.24, 2.45) is 0 Å². The van der Waals surface area contributed by atoms with Crippen LogP contribution in [0.3, 0.4) is 0 Å². The first-order valence-electron chi connectivity index (χ1n) is 6.28. The molecular formula is C14H20N2O. The quantitative estimate of drug-likeness (QED) is 0.757. The fourth-order valence-electron chi connectivity index (χ4n) is 2.60. The lowest BCUT2D eigenvalue weighted by molar-refractivity contribution is 0.0511. The van der Waals surface area contributed by atoms with Gasteiger partial charge in [-0.2, -0.15) is 0 Å². The first-order chi connectivity index (χ1) is 8.09. The highest BCUT2D eigenvalue weighted by Crippen LogP contribution is 2.24. The Morgan fingerprint density at radius 3 is 2.24 bits per heavy atom. The summed E-state index contributed by atoms with van der Waals surface area (Å²) in [6, 6.07) is 7.86. The van der Waals surface area contributed by atoms with E-state index < -0.39 is 0 Å². The molecule has 0 aromatic heterocycles. The average Bonchev–Trinajstić information content (AvgIpc) is 2.29. The van der Waals surface area contributed by atoms with Crippen LogP contribution in [0.1, 0.15) is 43.5 Å². The highest BCUT2D eigenvalue weighted by atomic mass is 16.2. The van der Waals surface area contributed by atoms with E-state index in [4.69, 9.17) is 5.73 Å². The summed E-state index contributed by atoms with van der Waals surface area (Å²) in [6.07, 6.45) is 3.42. The Balaban J connectivity index is 2.20. The van der Waals surface area contributed by atoms with Crippen LogP contribution in [-0.2, 0) is 0 Å². The molecule has 17 heavy (non-hydrogen) atoms. The molecule has 0 spiro atoms. The van der Waals surface area contributed by atoms with E-state index in [2.05, 4.69) is 13.8 Å². The van der Waals surface area contributed by atoms with Crippen molar-refractivity contribution in [2.45, 2.75) is 45.2 Å². The van der Waals surface area contributed by atoms with E-state index >= 15 is 0 Å². The minimum Gasteiger partial charge on any atom is -0.399 e. The lowest BCUT2D eigenvalue weighted by atomic mass is 9.96. The number of hydrogen-bond acceptors (Lipinski definition) is 2. The maximum absolute atomic E-state index is 12.4. The van der Waals surface area contributed by atoms with Crippen molar-refractivity contribution in [2.75, 3.05) is 5.73 Å². The zero-order chi connectivity index (χ0) is 12.4. The van der Waals surface area contributed by atoms with Crippen molar-refractivity contribution in [3.8, 4) is 0 Å². The van der Waals surface area contributed by atoms with Gasteiger partial charge in [-0.3, -0.25) is 4.79 Å². The Kier molecular flexibility index (Phi) is 3.36. The predicted octanol–water partition coefficient (Wildman–Crippen LogP) is 2.67. The minimum absolute atomic E-state index is 0.129. The number of nitrogens with two attached hydrogens (primary N) is 1. The minimum atomic E-state index is 0.129. The van der Waals surface area contributed by atoms with Gasteiger partial charge in [-0.05, 0) is 57.4 Å². The van der Waals surface area contributed by atoms with E-state index in [1.807, 2.05) is 17.0 Å². The van der Waals surface area contributed by atoms with Gasteiger partial charge in [0.05, 0.1) is 0 Å². The van der Waals surface area contributed by atoms with Gasteiger partial charge >= 0.3 is 0 Å². The van der Waals surface area contributed by atoms with Crippen molar-refractivity contribution in [3.63, 3.8) is 0 Å². The van der Waals surface area contributed by atoms with Crippen LogP contribution in [0.4, 0.5) is 5.69 Å². The molecule has 1 saturated heterocycles. The number of piperidine rings is 1. The molecule has 0 unspecified atom stereocenters. The second-order valence-electron chi connectivity index (χ2n) is 4.96. The van der Waals surface area contributed by atoms with E-state index in [-0.39, 0.29) is 5.91 Å². The van der Waals surface area contributed by atoms with Gasteiger partial charge in [0.1, 0.15) is 0 Å². The summed E-state index contributed by atoms with van der Waals surface area (Å²) < 4.78 is 0. The smallest absolute Gasteiger partial charge is 0.254 e. The molecule has 2 atom stereocenters. The van der Waals surface area contributed by atoms with Gasteiger partial charge in [0.25, 0.3) is 5.91 Å². The van der Waals surface area contributed by atoms with Gasteiger partial charge in [0.15, 0.2) is 0 Å². The Morgan fingerprint density at radius 2 is 1.71 bits per heavy atom. The summed E-state index contributed by atoms with van der Waals surface area (Å²) in [7, 11) is 0. The molecule has 2 N–H and O–H groups in total. The van der Waals surface area contributed by atoms with E-state index in [1.54, 1.807) is 12.1 Å². The number of carbonyl (C=O) groups excluding carboxylic acids is 1. The number of hydrogen-bond donors (Lipinski definition) is 1. The number of nitrogens with zero attached hydrogens (tertiary/aromatic N) is 1. The zero-order valence-corrected chi connectivity index (χ0v) is 10.5. The SMILES string of the molecule is C[C@@H]1CCC[C@@H](C)N1C(=O)c1ccc(N)cc1. The van der Waals surface area contributed by atoms with Crippen LogP contribution in [0, 0.1) is 0 Å². The third-order valence-corrected chi connectivity index (χ3v) is 3.59. The number of nitrogen functional groups attached to an aromatic ring is 1. The molecule has 1 amide bonds. The number of likely N-dealkylation sites (tertiary alicyclic amines) is 1. The van der Waals surface area contributed by atoms with Gasteiger partial charge in [0, 0.05) is 23.3 Å². The first kappa shape index (κ1) is 12.0. The number of amides is 1. The van der Waals surface area contributed by atoms with Crippen molar-refractivity contribution >= 4 is 11.6 Å². The highest BCUT2D eigenvalue weighted by Gasteiger charge is 2.29. The molecule has 3 nitrogen and oxygen atoms in total. The van der Waals surface area contributed by atoms with Crippen molar-refractivity contribution in [1.82, 2.24) is 4.90 Å². The van der Waals surface area contributed by atoms with Gasteiger partial charge in [-0.15, -0.1) is 0 Å². The van der Waals surface area contributed by atoms with Gasteiger partial charge in [-0.1, -0.05) is 0 Å². The molecule has 0 radical (unpaired) electrons. The molecule has 1 aliphatic rings. The largest absolute Gasteiger partial charge is 0.399 e. The van der Waals surface area contributed by atoms with Crippen LogP contribution in [-0.4, -0.2) is 22.9 Å². The van der Waals surface area contributed by atoms with Gasteiger partial charge in [0.2, 0.25) is 0 Å². The summed E-state index contributed by atoms with van der Waals surface area (Å²) in [6.45, 7) is 4.26. The van der Waals surface area contributed by atoms with E-state index in [0.717, 1.165) is 18.4 Å². The molecule has 0 aliphatic carbocycles. The molecule has 3 heteroatoms. The van der Waals surface area contributed by atoms with Crippen LogP contribution < -0.4 is 5.73 Å². The van der Waals surface area contributed by atoms with E-state index in [9.17, 15) is 4.79 Å². The Morgan fingerprint density at radius 1 is 1.18 bits per heavy atom. The molecule has 1 aromatic rings. The fourth-order valence-corrected chi connectivity index (χ4v) is 2.60. The molecule has 2 rings (SSSR count). The van der Waals surface area contributed by atoms with Gasteiger partial charge in [-0.25, -0.2) is 0 Å². The third-order valence-electron chi connectivity index (χ3n) is 3.59. The molecular weight excluding hydrogens is 212 g/mol. The summed E-state index contributed by atoms with van der Waals surface area (Å²) in [5.74, 6) is 0.129. The third kappa shape index (κ3) is 2.43. The molecule has 1 aromatic carbocycles. The summed E-state index contributed by atoms with van der Waals surface area (Å²) in [4.78, 5) is 14.4. The molecule has 0 bridgehead atoms. The number of carbonyl (C=O) groups is 1. The summed E-state index contributed by atoms with van der Waals surface area (Å²) >= 11 is 0. The van der Waals surface area contributed by atoms with Gasteiger partial charge < -0.3 is 10.6 Å². The number of anilines is 1. The van der Waals surface area contributed by atoms with Crippen LogP contribution >= 0.6 is 0 Å². The molecule has 92 valence electrons. The predicted molar refractivity (Wildman–Crippen MR) is 69.8 cm³/mol. The van der Waals surface area contributed by atoms with Crippen LogP contribution in [0.25, 0.3) is 0 Å². The lowest BCUT2D eigenvalue weighted by Crippen LogP contribution is -2.47. The second-order valence-corrected chi connectivity index (χ2v) is 4.96. The Hall–Kier alpha value is -1.51. The van der Waals surface area contributed by atoms with Crippen molar-refractivity contribution < 1.29 is 4.79 Å². The Labute approximate surface area is 103 Å². The monoisotopic (exact) mass is 232 g/mol. The lowest BCUT2D eigenvalue weighted by Gasteiger charge is -2.39. The van der Waals surface area contributed by atoms with Crippen molar-refractivity contribution in [3.05, 3.63) is 29.8 Å². The average molecular weight is 232 g/mol. The van der Waals surface area contributed by atoms with E-state index in [1.165, 1.54) is 6.42 Å². The summed E-state index contributed by atoms with van der Waals surface area (Å²) in [5.41, 5.74) is 7.07. The van der Waals surface area contributed by atoms with Crippen LogP contribution in [0.2, 0.25) is 0 Å². The highest BCUT2D eigenvalue weighted by molar-refractivity contribution is 5.95. The number of benzene rings is 1. The molecule has 1 heterocycles. The molecule has 0 saturated carbocycles. The topological polar surface area (TPSA) is 46.3 Å². The van der Waals surface area contributed by atoms with Crippen LogP contribution in [0.5, 0.6) is 0 Å². The molecule has 1 fully saturated rings.